The third-order valence-electron chi connectivity index (χ3n) is 3.00. The summed E-state index contributed by atoms with van der Waals surface area (Å²) in [6, 6.07) is 3.28. The minimum Gasteiger partial charge on any atom is -0.398 e. The Morgan fingerprint density at radius 2 is 1.90 bits per heavy atom. The summed E-state index contributed by atoms with van der Waals surface area (Å²) >= 11 is 1.43. The average Bonchev–Trinajstić information content (AvgIpc) is 2.77. The quantitative estimate of drug-likeness (QED) is 0.847. The summed E-state index contributed by atoms with van der Waals surface area (Å²) in [5.74, 6) is 0. The van der Waals surface area contributed by atoms with Crippen molar-refractivity contribution in [3.63, 3.8) is 0 Å². The predicted molar refractivity (Wildman–Crippen MR) is 81.2 cm³/mol. The molecule has 7 heteroatoms. The first-order valence-electron chi connectivity index (χ1n) is 6.07. The van der Waals surface area contributed by atoms with E-state index in [1.54, 1.807) is 12.1 Å². The molecule has 2 rings (SSSR count). The Balaban J connectivity index is 2.24. The highest BCUT2D eigenvalue weighted by atomic mass is 32.2. The topological polar surface area (TPSA) is 85.1 Å². The van der Waals surface area contributed by atoms with Crippen LogP contribution in [0.5, 0.6) is 0 Å². The fourth-order valence-corrected chi connectivity index (χ4v) is 3.75. The van der Waals surface area contributed by atoms with Crippen molar-refractivity contribution < 1.29 is 8.42 Å². The van der Waals surface area contributed by atoms with Crippen molar-refractivity contribution in [2.75, 3.05) is 5.73 Å². The van der Waals surface area contributed by atoms with Crippen LogP contribution in [0.25, 0.3) is 0 Å². The van der Waals surface area contributed by atoms with Crippen LogP contribution < -0.4 is 10.5 Å². The lowest BCUT2D eigenvalue weighted by molar-refractivity contribution is 0.581. The Kier molecular flexibility index (Phi) is 4.12. The Labute approximate surface area is 122 Å². The zero-order valence-corrected chi connectivity index (χ0v) is 13.2. The standard InChI is InChI=1S/C13H17N3O2S2/c1-8-4-11(14)12(5-9(8)2)20(17,18)15-6-13-16-10(3)7-19-13/h4-5,7,15H,6,14H2,1-3H3. The molecule has 20 heavy (non-hydrogen) atoms. The van der Waals surface area contributed by atoms with Gasteiger partial charge in [-0.05, 0) is 44.0 Å². The monoisotopic (exact) mass is 311 g/mol. The first-order valence-corrected chi connectivity index (χ1v) is 8.43. The van der Waals surface area contributed by atoms with E-state index < -0.39 is 10.0 Å². The molecule has 3 N–H and O–H groups in total. The number of sulfonamides is 1. The highest BCUT2D eigenvalue weighted by Crippen LogP contribution is 2.23. The lowest BCUT2D eigenvalue weighted by atomic mass is 10.1. The highest BCUT2D eigenvalue weighted by Gasteiger charge is 2.18. The van der Waals surface area contributed by atoms with Gasteiger partial charge in [-0.2, -0.15) is 0 Å². The zero-order chi connectivity index (χ0) is 14.9. The van der Waals surface area contributed by atoms with Crippen LogP contribution in [0.2, 0.25) is 0 Å². The average molecular weight is 311 g/mol. The molecule has 0 spiro atoms. The van der Waals surface area contributed by atoms with Crippen LogP contribution >= 0.6 is 11.3 Å². The largest absolute Gasteiger partial charge is 0.398 e. The molecule has 0 fully saturated rings. The summed E-state index contributed by atoms with van der Waals surface area (Å²) in [4.78, 5) is 4.34. The van der Waals surface area contributed by atoms with E-state index in [-0.39, 0.29) is 17.1 Å². The molecule has 0 atom stereocenters. The molecule has 0 saturated carbocycles. The van der Waals surface area contributed by atoms with Gasteiger partial charge < -0.3 is 5.73 Å². The van der Waals surface area contributed by atoms with Gasteiger partial charge in [-0.25, -0.2) is 18.1 Å². The first-order chi connectivity index (χ1) is 9.29. The summed E-state index contributed by atoms with van der Waals surface area (Å²) in [6.45, 7) is 5.80. The Morgan fingerprint density at radius 1 is 1.25 bits per heavy atom. The van der Waals surface area contributed by atoms with Crippen LogP contribution in [0.1, 0.15) is 21.8 Å². The highest BCUT2D eigenvalue weighted by molar-refractivity contribution is 7.89. The molecule has 0 aliphatic carbocycles. The van der Waals surface area contributed by atoms with E-state index in [2.05, 4.69) is 9.71 Å². The number of aromatic nitrogens is 1. The molecule has 2 aromatic rings. The molecule has 0 amide bonds. The molecule has 0 aliphatic heterocycles. The van der Waals surface area contributed by atoms with Crippen molar-refractivity contribution in [3.8, 4) is 0 Å². The molecule has 0 aliphatic rings. The molecule has 0 bridgehead atoms. The van der Waals surface area contributed by atoms with E-state index in [9.17, 15) is 8.42 Å². The number of benzene rings is 1. The van der Waals surface area contributed by atoms with Gasteiger partial charge in [-0.15, -0.1) is 11.3 Å². The van der Waals surface area contributed by atoms with Gasteiger partial charge in [-0.1, -0.05) is 0 Å². The fraction of sp³-hybridized carbons (Fsp3) is 0.308. The number of aryl methyl sites for hydroxylation is 3. The summed E-state index contributed by atoms with van der Waals surface area (Å²) in [6.07, 6.45) is 0. The summed E-state index contributed by atoms with van der Waals surface area (Å²) in [5.41, 5.74) is 8.82. The van der Waals surface area contributed by atoms with Crippen molar-refractivity contribution in [1.29, 1.82) is 0 Å². The first kappa shape index (κ1) is 15.0. The maximum atomic E-state index is 12.3. The van der Waals surface area contributed by atoms with Crippen LogP contribution in [0.3, 0.4) is 0 Å². The van der Waals surface area contributed by atoms with E-state index >= 15 is 0 Å². The maximum Gasteiger partial charge on any atom is 0.243 e. The summed E-state index contributed by atoms with van der Waals surface area (Å²) in [5, 5.41) is 2.61. The normalized spacial score (nSPS) is 11.8. The molecule has 0 unspecified atom stereocenters. The number of thiazole rings is 1. The third-order valence-corrected chi connectivity index (χ3v) is 5.42. The lowest BCUT2D eigenvalue weighted by Crippen LogP contribution is -2.24. The van der Waals surface area contributed by atoms with Gasteiger partial charge in [0.2, 0.25) is 10.0 Å². The Hall–Kier alpha value is -1.44. The van der Waals surface area contributed by atoms with Crippen LogP contribution in [0.4, 0.5) is 5.69 Å². The number of hydrogen-bond donors (Lipinski definition) is 2. The molecule has 0 radical (unpaired) electrons. The SMILES string of the molecule is Cc1csc(CNS(=O)(=O)c2cc(C)c(C)cc2N)n1. The van der Waals surface area contributed by atoms with Crippen molar-refractivity contribution >= 4 is 27.0 Å². The van der Waals surface area contributed by atoms with E-state index in [0.29, 0.717) is 0 Å². The minimum atomic E-state index is -3.63. The van der Waals surface area contributed by atoms with Gasteiger partial charge in [0.1, 0.15) is 9.90 Å². The molecule has 0 saturated heterocycles. The molecule has 108 valence electrons. The van der Waals surface area contributed by atoms with Gasteiger partial charge >= 0.3 is 0 Å². The predicted octanol–water partition coefficient (Wildman–Crippen LogP) is 2.13. The number of nitrogen functional groups attached to an aromatic ring is 1. The van der Waals surface area contributed by atoms with Gasteiger partial charge in [-0.3, -0.25) is 0 Å². The zero-order valence-electron chi connectivity index (χ0n) is 11.6. The second-order valence-electron chi connectivity index (χ2n) is 4.68. The maximum absolute atomic E-state index is 12.3. The van der Waals surface area contributed by atoms with Crippen LogP contribution in [-0.4, -0.2) is 13.4 Å². The van der Waals surface area contributed by atoms with Gasteiger partial charge in [0, 0.05) is 11.1 Å². The fourth-order valence-electron chi connectivity index (χ4n) is 1.76. The molecule has 1 aromatic heterocycles. The van der Waals surface area contributed by atoms with Gasteiger partial charge in [0.25, 0.3) is 0 Å². The van der Waals surface area contributed by atoms with Crippen molar-refractivity contribution in [2.24, 2.45) is 0 Å². The molecule has 1 aromatic carbocycles. The minimum absolute atomic E-state index is 0.119. The third kappa shape index (κ3) is 3.17. The number of nitrogens with one attached hydrogen (secondary N) is 1. The van der Waals surface area contributed by atoms with Crippen molar-refractivity contribution in [1.82, 2.24) is 9.71 Å². The Bertz CT molecular complexity index is 736. The van der Waals surface area contributed by atoms with Crippen LogP contribution in [0, 0.1) is 20.8 Å². The number of nitrogens with zero attached hydrogens (tertiary/aromatic N) is 1. The smallest absolute Gasteiger partial charge is 0.243 e. The second kappa shape index (κ2) is 5.51. The van der Waals surface area contributed by atoms with E-state index in [4.69, 9.17) is 5.73 Å². The molecular weight excluding hydrogens is 294 g/mol. The van der Waals surface area contributed by atoms with Gasteiger partial charge in [0.15, 0.2) is 0 Å². The van der Waals surface area contributed by atoms with Gasteiger partial charge in [0.05, 0.1) is 12.2 Å². The summed E-state index contributed by atoms with van der Waals surface area (Å²) in [7, 11) is -3.63. The van der Waals surface area contributed by atoms with Crippen LogP contribution in [-0.2, 0) is 16.6 Å². The number of anilines is 1. The second-order valence-corrected chi connectivity index (χ2v) is 7.36. The van der Waals surface area contributed by atoms with Crippen molar-refractivity contribution in [2.45, 2.75) is 32.2 Å². The van der Waals surface area contributed by atoms with E-state index in [1.165, 1.54) is 11.3 Å². The Morgan fingerprint density at radius 3 is 2.50 bits per heavy atom. The van der Waals surface area contributed by atoms with Crippen LogP contribution in [0.15, 0.2) is 22.4 Å². The molecule has 5 nitrogen and oxygen atoms in total. The van der Waals surface area contributed by atoms with E-state index in [0.717, 1.165) is 21.8 Å². The number of rotatable bonds is 4. The van der Waals surface area contributed by atoms with Crippen molar-refractivity contribution in [3.05, 3.63) is 39.3 Å². The number of nitrogens with two attached hydrogens (primary N) is 1. The van der Waals surface area contributed by atoms with E-state index in [1.807, 2.05) is 26.2 Å². The lowest BCUT2D eigenvalue weighted by Gasteiger charge is -2.10. The molecule has 1 heterocycles. The number of hydrogen-bond acceptors (Lipinski definition) is 5. The summed E-state index contributed by atoms with van der Waals surface area (Å²) < 4.78 is 27.1. The molecular formula is C13H17N3O2S2.